The molecule has 1 saturated heterocycles. The maximum absolute atomic E-state index is 12.7. The van der Waals surface area contributed by atoms with Crippen LogP contribution in [0, 0.1) is 0 Å². The first-order valence-corrected chi connectivity index (χ1v) is 8.82. The molecule has 1 aromatic heterocycles. The molecule has 1 aromatic carbocycles. The standard InChI is InChI=1S/C15H18N2O5S/c18-10-9-16-5-7-17(8-6-16)23(20,21)13-2-3-14-12(11-13)1-4-15(19)22-14/h1-4,11,18H,5-10H2. The van der Waals surface area contributed by atoms with E-state index < -0.39 is 15.6 Å². The van der Waals surface area contributed by atoms with Crippen molar-refractivity contribution < 1.29 is 17.9 Å². The number of aliphatic hydroxyl groups excluding tert-OH is 1. The van der Waals surface area contributed by atoms with Gasteiger partial charge in [-0.2, -0.15) is 4.31 Å². The molecule has 0 amide bonds. The van der Waals surface area contributed by atoms with Gasteiger partial charge in [0.1, 0.15) is 5.58 Å². The summed E-state index contributed by atoms with van der Waals surface area (Å²) in [5.74, 6) is 0. The Hall–Kier alpha value is -1.74. The van der Waals surface area contributed by atoms with Crippen LogP contribution in [0.15, 0.2) is 44.4 Å². The first-order chi connectivity index (χ1) is 11.0. The number of nitrogens with zero attached hydrogens (tertiary/aromatic N) is 2. The van der Waals surface area contributed by atoms with Crippen LogP contribution in [0.3, 0.4) is 0 Å². The molecule has 0 spiro atoms. The van der Waals surface area contributed by atoms with Crippen LogP contribution in [-0.4, -0.2) is 62.1 Å². The first kappa shape index (κ1) is 16.1. The van der Waals surface area contributed by atoms with E-state index in [0.717, 1.165) is 0 Å². The maximum atomic E-state index is 12.7. The maximum Gasteiger partial charge on any atom is 0.336 e. The highest BCUT2D eigenvalue weighted by molar-refractivity contribution is 7.89. The molecule has 0 bridgehead atoms. The quantitative estimate of drug-likeness (QED) is 0.795. The lowest BCUT2D eigenvalue weighted by atomic mass is 10.2. The van der Waals surface area contributed by atoms with Crippen molar-refractivity contribution in [3.63, 3.8) is 0 Å². The molecule has 1 aliphatic heterocycles. The molecular weight excluding hydrogens is 320 g/mol. The van der Waals surface area contributed by atoms with E-state index in [0.29, 0.717) is 43.7 Å². The summed E-state index contributed by atoms with van der Waals surface area (Å²) in [4.78, 5) is 13.4. The van der Waals surface area contributed by atoms with E-state index in [1.54, 1.807) is 6.07 Å². The zero-order chi connectivity index (χ0) is 16.4. The topological polar surface area (TPSA) is 91.1 Å². The molecule has 0 unspecified atom stereocenters. The molecule has 1 aliphatic rings. The molecule has 2 heterocycles. The average Bonchev–Trinajstić information content (AvgIpc) is 2.55. The molecule has 1 N–H and O–H groups in total. The van der Waals surface area contributed by atoms with Crippen LogP contribution in [0.1, 0.15) is 0 Å². The van der Waals surface area contributed by atoms with Crippen LogP contribution in [0.5, 0.6) is 0 Å². The smallest absolute Gasteiger partial charge is 0.336 e. The number of β-amino-alcohol motifs (C(OH)–C–C–N with tert-alkyl or cyclic N) is 1. The monoisotopic (exact) mass is 338 g/mol. The van der Waals surface area contributed by atoms with Gasteiger partial charge in [-0.25, -0.2) is 13.2 Å². The number of aliphatic hydroxyl groups is 1. The number of piperazine rings is 1. The number of benzene rings is 1. The summed E-state index contributed by atoms with van der Waals surface area (Å²) in [6.07, 6.45) is 0. The normalized spacial score (nSPS) is 17.6. The van der Waals surface area contributed by atoms with Crippen molar-refractivity contribution in [2.75, 3.05) is 39.3 Å². The molecule has 1 fully saturated rings. The van der Waals surface area contributed by atoms with Gasteiger partial charge in [-0.3, -0.25) is 4.90 Å². The van der Waals surface area contributed by atoms with Crippen LogP contribution in [-0.2, 0) is 10.0 Å². The van der Waals surface area contributed by atoms with Gasteiger partial charge in [-0.05, 0) is 24.3 Å². The van der Waals surface area contributed by atoms with Gasteiger partial charge in [0.2, 0.25) is 10.0 Å². The Kier molecular flexibility index (Phi) is 4.49. The van der Waals surface area contributed by atoms with Crippen molar-refractivity contribution >= 4 is 21.0 Å². The second-order valence-electron chi connectivity index (χ2n) is 5.42. The summed E-state index contributed by atoms with van der Waals surface area (Å²) >= 11 is 0. The van der Waals surface area contributed by atoms with E-state index in [2.05, 4.69) is 0 Å². The van der Waals surface area contributed by atoms with E-state index in [4.69, 9.17) is 9.52 Å². The van der Waals surface area contributed by atoms with Crippen LogP contribution < -0.4 is 5.63 Å². The van der Waals surface area contributed by atoms with Crippen molar-refractivity contribution in [2.24, 2.45) is 0 Å². The summed E-state index contributed by atoms with van der Waals surface area (Å²) < 4.78 is 31.9. The first-order valence-electron chi connectivity index (χ1n) is 7.38. The molecule has 3 rings (SSSR count). The third-order valence-corrected chi connectivity index (χ3v) is 5.87. The van der Waals surface area contributed by atoms with Gasteiger partial charge in [0.05, 0.1) is 11.5 Å². The minimum Gasteiger partial charge on any atom is -0.423 e. The van der Waals surface area contributed by atoms with Gasteiger partial charge in [-0.15, -0.1) is 0 Å². The third kappa shape index (κ3) is 3.30. The molecule has 0 radical (unpaired) electrons. The Bertz CT molecular complexity index is 854. The Morgan fingerprint density at radius 2 is 1.83 bits per heavy atom. The minimum absolute atomic E-state index is 0.0721. The summed E-state index contributed by atoms with van der Waals surface area (Å²) in [6.45, 7) is 2.62. The van der Waals surface area contributed by atoms with Gasteiger partial charge >= 0.3 is 5.63 Å². The van der Waals surface area contributed by atoms with Crippen LogP contribution in [0.2, 0.25) is 0 Å². The van der Waals surface area contributed by atoms with E-state index >= 15 is 0 Å². The van der Waals surface area contributed by atoms with Crippen molar-refractivity contribution in [2.45, 2.75) is 4.90 Å². The SMILES string of the molecule is O=c1ccc2cc(S(=O)(=O)N3CCN(CCO)CC3)ccc2o1. The zero-order valence-electron chi connectivity index (χ0n) is 12.5. The Labute approximate surface area is 133 Å². The lowest BCUT2D eigenvalue weighted by molar-refractivity contribution is 0.151. The largest absolute Gasteiger partial charge is 0.423 e. The highest BCUT2D eigenvalue weighted by Crippen LogP contribution is 2.22. The van der Waals surface area contributed by atoms with E-state index in [9.17, 15) is 13.2 Å². The average molecular weight is 338 g/mol. The van der Waals surface area contributed by atoms with Gasteiger partial charge in [-0.1, -0.05) is 0 Å². The molecular formula is C15H18N2O5S. The van der Waals surface area contributed by atoms with Gasteiger partial charge < -0.3 is 9.52 Å². The molecule has 0 atom stereocenters. The predicted octanol–water partition coefficient (Wildman–Crippen LogP) is 0.0916. The predicted molar refractivity (Wildman–Crippen MR) is 84.8 cm³/mol. The molecule has 0 aliphatic carbocycles. The molecule has 7 nitrogen and oxygen atoms in total. The van der Waals surface area contributed by atoms with Crippen molar-refractivity contribution in [3.05, 3.63) is 40.8 Å². The number of hydrogen-bond donors (Lipinski definition) is 1. The number of sulfonamides is 1. The van der Waals surface area contributed by atoms with Crippen molar-refractivity contribution in [3.8, 4) is 0 Å². The van der Waals surface area contributed by atoms with E-state index in [1.807, 2.05) is 4.90 Å². The van der Waals surface area contributed by atoms with Crippen LogP contribution >= 0.6 is 0 Å². The Morgan fingerprint density at radius 1 is 1.09 bits per heavy atom. The fourth-order valence-electron chi connectivity index (χ4n) is 2.69. The highest BCUT2D eigenvalue weighted by atomic mass is 32.2. The summed E-state index contributed by atoms with van der Waals surface area (Å²) in [5, 5.41) is 9.51. The lowest BCUT2D eigenvalue weighted by Gasteiger charge is -2.33. The second kappa shape index (κ2) is 6.40. The summed E-state index contributed by atoms with van der Waals surface area (Å²) in [7, 11) is -3.58. The molecule has 0 saturated carbocycles. The number of fused-ring (bicyclic) bond motifs is 1. The molecule has 124 valence electrons. The van der Waals surface area contributed by atoms with Crippen molar-refractivity contribution in [1.82, 2.24) is 9.21 Å². The van der Waals surface area contributed by atoms with Crippen LogP contribution in [0.4, 0.5) is 0 Å². The third-order valence-electron chi connectivity index (χ3n) is 3.98. The second-order valence-corrected chi connectivity index (χ2v) is 7.36. The molecule has 23 heavy (non-hydrogen) atoms. The molecule has 8 heteroatoms. The highest BCUT2D eigenvalue weighted by Gasteiger charge is 2.28. The summed E-state index contributed by atoms with van der Waals surface area (Å²) in [5.41, 5.74) is -0.0997. The van der Waals surface area contributed by atoms with E-state index in [1.165, 1.54) is 28.6 Å². The fourth-order valence-corrected chi connectivity index (χ4v) is 4.15. The van der Waals surface area contributed by atoms with Gasteiger partial charge in [0.15, 0.2) is 0 Å². The van der Waals surface area contributed by atoms with Crippen LogP contribution in [0.25, 0.3) is 11.0 Å². The number of hydrogen-bond acceptors (Lipinski definition) is 6. The van der Waals surface area contributed by atoms with E-state index in [-0.39, 0.29) is 11.5 Å². The Morgan fingerprint density at radius 3 is 2.52 bits per heavy atom. The Balaban J connectivity index is 1.85. The number of rotatable bonds is 4. The zero-order valence-corrected chi connectivity index (χ0v) is 13.3. The lowest BCUT2D eigenvalue weighted by Crippen LogP contribution is -2.49. The summed E-state index contributed by atoms with van der Waals surface area (Å²) in [6, 6.07) is 7.31. The molecule has 2 aromatic rings. The van der Waals surface area contributed by atoms with Gasteiger partial charge in [0, 0.05) is 44.2 Å². The minimum atomic E-state index is -3.58. The van der Waals surface area contributed by atoms with Crippen molar-refractivity contribution in [1.29, 1.82) is 0 Å². The fraction of sp³-hybridized carbons (Fsp3) is 0.400. The van der Waals surface area contributed by atoms with Gasteiger partial charge in [0.25, 0.3) is 0 Å².